The molecule has 2 aromatic rings. The van der Waals surface area contributed by atoms with E-state index in [0.717, 1.165) is 0 Å². The number of rotatable bonds is 3. The molecule has 124 valence electrons. The van der Waals surface area contributed by atoms with Crippen molar-refractivity contribution < 1.29 is 9.59 Å². The van der Waals surface area contributed by atoms with Crippen molar-refractivity contribution in [2.24, 2.45) is 0 Å². The fourth-order valence-corrected chi connectivity index (χ4v) is 2.86. The van der Waals surface area contributed by atoms with E-state index in [0.29, 0.717) is 24.2 Å². The molecular formula is C19H21N3O2. The van der Waals surface area contributed by atoms with Crippen LogP contribution in [0.2, 0.25) is 0 Å². The fraction of sp³-hybridized carbons (Fsp3) is 0.263. The smallest absolute Gasteiger partial charge is 0.253 e. The molecule has 5 nitrogen and oxygen atoms in total. The maximum Gasteiger partial charge on any atom is 0.253 e. The number of hydrogen-bond donors (Lipinski definition) is 2. The number of hydrogen-bond acceptors (Lipinski definition) is 3. The second kappa shape index (κ2) is 6.84. The highest BCUT2D eigenvalue weighted by Gasteiger charge is 2.24. The van der Waals surface area contributed by atoms with Crippen LogP contribution in [0.25, 0.3) is 0 Å². The van der Waals surface area contributed by atoms with E-state index >= 15 is 0 Å². The Balaban J connectivity index is 1.70. The number of anilines is 1. The van der Waals surface area contributed by atoms with Gasteiger partial charge < -0.3 is 15.5 Å². The van der Waals surface area contributed by atoms with Gasteiger partial charge in [0.15, 0.2) is 0 Å². The van der Waals surface area contributed by atoms with Crippen LogP contribution in [-0.2, 0) is 17.8 Å². The van der Waals surface area contributed by atoms with E-state index in [1.165, 1.54) is 16.0 Å². The third-order valence-corrected chi connectivity index (χ3v) is 4.18. The van der Waals surface area contributed by atoms with Crippen LogP contribution in [-0.4, -0.2) is 36.9 Å². The third-order valence-electron chi connectivity index (χ3n) is 4.18. The minimum absolute atomic E-state index is 0.0843. The molecule has 0 aliphatic carbocycles. The molecule has 3 rings (SSSR count). The first-order chi connectivity index (χ1) is 11.5. The number of carbonyl (C=O) groups is 2. The Labute approximate surface area is 141 Å². The van der Waals surface area contributed by atoms with Crippen LogP contribution in [0.3, 0.4) is 0 Å². The minimum Gasteiger partial charge on any atom is -0.345 e. The molecule has 1 atom stereocenters. The van der Waals surface area contributed by atoms with E-state index in [9.17, 15) is 9.59 Å². The molecule has 2 aromatic carbocycles. The number of nitrogens with zero attached hydrogens (tertiary/aromatic N) is 1. The van der Waals surface area contributed by atoms with E-state index in [4.69, 9.17) is 0 Å². The third kappa shape index (κ3) is 3.46. The van der Waals surface area contributed by atoms with Crippen LogP contribution in [0.1, 0.15) is 21.5 Å². The lowest BCUT2D eigenvalue weighted by Crippen LogP contribution is -2.44. The van der Waals surface area contributed by atoms with Crippen LogP contribution < -0.4 is 10.6 Å². The zero-order chi connectivity index (χ0) is 17.1. The summed E-state index contributed by atoms with van der Waals surface area (Å²) in [6.45, 7) is 0.688. The second-order valence-electron chi connectivity index (χ2n) is 6.18. The van der Waals surface area contributed by atoms with Crippen molar-refractivity contribution in [3.8, 4) is 0 Å². The molecule has 0 aromatic heterocycles. The number of nitrogens with one attached hydrogen (secondary N) is 2. The highest BCUT2D eigenvalue weighted by atomic mass is 16.2. The molecule has 2 amide bonds. The van der Waals surface area contributed by atoms with Gasteiger partial charge in [-0.2, -0.15) is 0 Å². The lowest BCUT2D eigenvalue weighted by Gasteiger charge is -2.25. The maximum absolute atomic E-state index is 12.5. The van der Waals surface area contributed by atoms with Gasteiger partial charge in [-0.25, -0.2) is 0 Å². The molecule has 2 N–H and O–H groups in total. The molecule has 0 bridgehead atoms. The number of benzene rings is 2. The summed E-state index contributed by atoms with van der Waals surface area (Å²) in [7, 11) is 3.41. The summed E-state index contributed by atoms with van der Waals surface area (Å²) in [6.07, 6.45) is 0.665. The first-order valence-corrected chi connectivity index (χ1v) is 7.97. The maximum atomic E-state index is 12.5. The summed E-state index contributed by atoms with van der Waals surface area (Å²) in [4.78, 5) is 26.1. The van der Waals surface area contributed by atoms with E-state index in [2.05, 4.69) is 22.8 Å². The predicted octanol–water partition coefficient (Wildman–Crippen LogP) is 2.04. The van der Waals surface area contributed by atoms with Crippen LogP contribution in [0, 0.1) is 0 Å². The second-order valence-corrected chi connectivity index (χ2v) is 6.18. The standard InChI is InChI=1S/C19H21N3O2/c1-22(2)19(24)14-8-5-9-16(10-14)21-18(23)17-11-13-6-3-4-7-15(13)12-20-17/h3-10,17,20H,11-12H2,1-2H3,(H,21,23). The lowest BCUT2D eigenvalue weighted by atomic mass is 9.95. The predicted molar refractivity (Wildman–Crippen MR) is 93.9 cm³/mol. The fourth-order valence-electron chi connectivity index (χ4n) is 2.86. The van der Waals surface area contributed by atoms with E-state index < -0.39 is 0 Å². The van der Waals surface area contributed by atoms with E-state index in [1.807, 2.05) is 12.1 Å². The van der Waals surface area contributed by atoms with Gasteiger partial charge in [-0.15, -0.1) is 0 Å². The normalized spacial score (nSPS) is 16.2. The number of fused-ring (bicyclic) bond motifs is 1. The molecule has 24 heavy (non-hydrogen) atoms. The van der Waals surface area contributed by atoms with Crippen LogP contribution in [0.15, 0.2) is 48.5 Å². The Morgan fingerprint density at radius 2 is 1.83 bits per heavy atom. The molecule has 1 heterocycles. The molecule has 5 heteroatoms. The van der Waals surface area contributed by atoms with Crippen LogP contribution >= 0.6 is 0 Å². The van der Waals surface area contributed by atoms with E-state index in [1.54, 1.807) is 38.4 Å². The lowest BCUT2D eigenvalue weighted by molar-refractivity contribution is -0.118. The Morgan fingerprint density at radius 1 is 1.08 bits per heavy atom. The molecule has 1 aliphatic rings. The number of carbonyl (C=O) groups excluding carboxylic acids is 2. The van der Waals surface area contributed by atoms with Gasteiger partial charge >= 0.3 is 0 Å². The largest absolute Gasteiger partial charge is 0.345 e. The van der Waals surface area contributed by atoms with Gasteiger partial charge in [-0.05, 0) is 35.7 Å². The minimum atomic E-state index is -0.270. The number of amides is 2. The highest BCUT2D eigenvalue weighted by Crippen LogP contribution is 2.18. The molecule has 0 spiro atoms. The summed E-state index contributed by atoms with van der Waals surface area (Å²) < 4.78 is 0. The first-order valence-electron chi connectivity index (χ1n) is 7.97. The van der Waals surface area contributed by atoms with Crippen molar-refractivity contribution in [1.29, 1.82) is 0 Å². The molecule has 0 radical (unpaired) electrons. The van der Waals surface area contributed by atoms with Crippen LogP contribution in [0.5, 0.6) is 0 Å². The summed E-state index contributed by atoms with van der Waals surface area (Å²) in [5, 5.41) is 6.17. The molecule has 1 aliphatic heterocycles. The Hall–Kier alpha value is -2.66. The molecule has 0 saturated carbocycles. The van der Waals surface area contributed by atoms with Crippen molar-refractivity contribution in [3.63, 3.8) is 0 Å². The van der Waals surface area contributed by atoms with E-state index in [-0.39, 0.29) is 17.9 Å². The summed E-state index contributed by atoms with van der Waals surface area (Å²) in [5.41, 5.74) is 3.63. The Kier molecular flexibility index (Phi) is 4.62. The average Bonchev–Trinajstić information content (AvgIpc) is 2.60. The zero-order valence-corrected chi connectivity index (χ0v) is 13.9. The van der Waals surface area contributed by atoms with Crippen molar-refractivity contribution >= 4 is 17.5 Å². The van der Waals surface area contributed by atoms with Gasteiger partial charge in [0.1, 0.15) is 0 Å². The van der Waals surface area contributed by atoms with Gasteiger partial charge in [0.05, 0.1) is 6.04 Å². The summed E-state index contributed by atoms with van der Waals surface area (Å²) in [6, 6.07) is 14.9. The van der Waals surface area contributed by atoms with Crippen molar-refractivity contribution in [1.82, 2.24) is 10.2 Å². The Bertz CT molecular complexity index is 771. The van der Waals surface area contributed by atoms with Crippen molar-refractivity contribution in [2.45, 2.75) is 19.0 Å². The Morgan fingerprint density at radius 3 is 2.58 bits per heavy atom. The van der Waals surface area contributed by atoms with Gasteiger partial charge in [-0.3, -0.25) is 9.59 Å². The van der Waals surface area contributed by atoms with Crippen molar-refractivity contribution in [3.05, 3.63) is 65.2 Å². The quantitative estimate of drug-likeness (QED) is 0.909. The van der Waals surface area contributed by atoms with Crippen LogP contribution in [0.4, 0.5) is 5.69 Å². The van der Waals surface area contributed by atoms with Crippen molar-refractivity contribution in [2.75, 3.05) is 19.4 Å². The van der Waals surface area contributed by atoms with Gasteiger partial charge in [0, 0.05) is 31.9 Å². The topological polar surface area (TPSA) is 61.4 Å². The van der Waals surface area contributed by atoms with Gasteiger partial charge in [-0.1, -0.05) is 30.3 Å². The molecule has 0 saturated heterocycles. The molecule has 0 fully saturated rings. The van der Waals surface area contributed by atoms with Gasteiger partial charge in [0.2, 0.25) is 5.91 Å². The molecular weight excluding hydrogens is 302 g/mol. The highest BCUT2D eigenvalue weighted by molar-refractivity contribution is 5.98. The average molecular weight is 323 g/mol. The SMILES string of the molecule is CN(C)C(=O)c1cccc(NC(=O)C2Cc3ccccc3CN2)c1. The molecule has 1 unspecified atom stereocenters. The monoisotopic (exact) mass is 323 g/mol. The zero-order valence-electron chi connectivity index (χ0n) is 13.9. The summed E-state index contributed by atoms with van der Waals surface area (Å²) in [5.74, 6) is -0.172. The first kappa shape index (κ1) is 16.2. The van der Waals surface area contributed by atoms with Gasteiger partial charge in [0.25, 0.3) is 5.91 Å². The summed E-state index contributed by atoms with van der Waals surface area (Å²) >= 11 is 0.